The highest BCUT2D eigenvalue weighted by Crippen LogP contribution is 2.27. The highest BCUT2D eigenvalue weighted by Gasteiger charge is 2.35. The van der Waals surface area contributed by atoms with Gasteiger partial charge >= 0.3 is 5.97 Å². The summed E-state index contributed by atoms with van der Waals surface area (Å²) in [5.74, 6) is -0.864. The molecule has 0 bridgehead atoms. The van der Waals surface area contributed by atoms with Gasteiger partial charge in [-0.2, -0.15) is 0 Å². The van der Waals surface area contributed by atoms with Gasteiger partial charge in [0, 0.05) is 11.1 Å². The molecule has 1 aliphatic carbocycles. The van der Waals surface area contributed by atoms with Crippen LogP contribution in [0.25, 0.3) is 0 Å². The zero-order valence-corrected chi connectivity index (χ0v) is 13.4. The summed E-state index contributed by atoms with van der Waals surface area (Å²) in [5.41, 5.74) is -1.05. The molecule has 2 rings (SSSR count). The Kier molecular flexibility index (Phi) is 4.96. The maximum Gasteiger partial charge on any atom is 0.306 e. The smallest absolute Gasteiger partial charge is 0.306 e. The van der Waals surface area contributed by atoms with E-state index >= 15 is 0 Å². The van der Waals surface area contributed by atoms with Crippen molar-refractivity contribution in [2.45, 2.75) is 44.8 Å². The first-order valence-corrected chi connectivity index (χ1v) is 7.64. The van der Waals surface area contributed by atoms with Crippen molar-refractivity contribution in [1.29, 1.82) is 0 Å². The molecule has 0 heterocycles. The highest BCUT2D eigenvalue weighted by molar-refractivity contribution is 6.30. The normalized spacial score (nSPS) is 21.4. The fourth-order valence-corrected chi connectivity index (χ4v) is 2.67. The third-order valence-corrected chi connectivity index (χ3v) is 4.10. The number of carboxylic acid groups (broad SMARTS) is 1. The largest absolute Gasteiger partial charge is 0.481 e. The van der Waals surface area contributed by atoms with E-state index in [1.807, 2.05) is 0 Å². The lowest BCUT2D eigenvalue weighted by Crippen LogP contribution is -2.49. The van der Waals surface area contributed by atoms with E-state index < -0.39 is 11.6 Å². The van der Waals surface area contributed by atoms with Crippen LogP contribution in [0.3, 0.4) is 0 Å². The minimum absolute atomic E-state index is 0.110. The maximum absolute atomic E-state index is 12.4. The average Bonchev–Trinajstić information content (AvgIpc) is 2.90. The minimum Gasteiger partial charge on any atom is -0.481 e. The molecule has 22 heavy (non-hydrogen) atoms. The SMILES string of the molecule is CC(C)(Oc1ccc(Cl)cc1)C(=O)N[C@H]1CC[C@@H](C(=O)O)C1. The number of ether oxygens (including phenoxy) is 1. The van der Waals surface area contributed by atoms with Crippen LogP contribution in [0, 0.1) is 5.92 Å². The van der Waals surface area contributed by atoms with E-state index in [2.05, 4.69) is 5.32 Å². The number of carbonyl (C=O) groups is 2. The van der Waals surface area contributed by atoms with Crippen LogP contribution in [0.1, 0.15) is 33.1 Å². The number of hydrogen-bond donors (Lipinski definition) is 2. The lowest BCUT2D eigenvalue weighted by molar-refractivity contribution is -0.142. The van der Waals surface area contributed by atoms with Crippen LogP contribution < -0.4 is 10.1 Å². The first-order chi connectivity index (χ1) is 10.3. The molecule has 2 atom stereocenters. The van der Waals surface area contributed by atoms with Gasteiger partial charge in [-0.3, -0.25) is 9.59 Å². The topological polar surface area (TPSA) is 75.6 Å². The van der Waals surface area contributed by atoms with Gasteiger partial charge < -0.3 is 15.2 Å². The van der Waals surface area contributed by atoms with Crippen LogP contribution in [-0.2, 0) is 9.59 Å². The van der Waals surface area contributed by atoms with Gasteiger partial charge in [-0.25, -0.2) is 0 Å². The van der Waals surface area contributed by atoms with Gasteiger partial charge in [0.15, 0.2) is 5.60 Å². The van der Waals surface area contributed by atoms with Crippen molar-refractivity contribution < 1.29 is 19.4 Å². The average molecular weight is 326 g/mol. The van der Waals surface area contributed by atoms with Crippen molar-refractivity contribution >= 4 is 23.5 Å². The van der Waals surface area contributed by atoms with Crippen LogP contribution >= 0.6 is 11.6 Å². The van der Waals surface area contributed by atoms with E-state index in [1.165, 1.54) is 0 Å². The van der Waals surface area contributed by atoms with Crippen molar-refractivity contribution in [2.75, 3.05) is 0 Å². The maximum atomic E-state index is 12.4. The number of rotatable bonds is 5. The highest BCUT2D eigenvalue weighted by atomic mass is 35.5. The van der Waals surface area contributed by atoms with Crippen LogP contribution in [0.15, 0.2) is 24.3 Å². The van der Waals surface area contributed by atoms with E-state index in [0.717, 1.165) is 0 Å². The van der Waals surface area contributed by atoms with Gasteiger partial charge in [-0.1, -0.05) is 11.6 Å². The van der Waals surface area contributed by atoms with Gasteiger partial charge in [0.1, 0.15) is 5.75 Å². The van der Waals surface area contributed by atoms with Crippen molar-refractivity contribution in [3.8, 4) is 5.75 Å². The van der Waals surface area contributed by atoms with Crippen LogP contribution in [-0.4, -0.2) is 28.6 Å². The molecule has 0 spiro atoms. The van der Waals surface area contributed by atoms with Gasteiger partial charge in [0.25, 0.3) is 5.91 Å². The molecule has 1 aliphatic rings. The molecule has 0 saturated heterocycles. The number of carbonyl (C=O) groups excluding carboxylic acids is 1. The molecular formula is C16H20ClNO4. The predicted molar refractivity (Wildman–Crippen MR) is 83.1 cm³/mol. The van der Waals surface area contributed by atoms with Crippen molar-refractivity contribution in [2.24, 2.45) is 5.92 Å². The molecule has 0 aliphatic heterocycles. The van der Waals surface area contributed by atoms with Gasteiger partial charge in [-0.15, -0.1) is 0 Å². The number of aliphatic carboxylic acids is 1. The fraction of sp³-hybridized carbons (Fsp3) is 0.500. The molecule has 1 amide bonds. The van der Waals surface area contributed by atoms with Crippen molar-refractivity contribution in [1.82, 2.24) is 5.32 Å². The molecule has 6 heteroatoms. The minimum atomic E-state index is -1.05. The van der Waals surface area contributed by atoms with Gasteiger partial charge in [0.05, 0.1) is 5.92 Å². The molecule has 5 nitrogen and oxygen atoms in total. The van der Waals surface area contributed by atoms with Crippen LogP contribution in [0.2, 0.25) is 5.02 Å². The quantitative estimate of drug-likeness (QED) is 0.872. The molecule has 120 valence electrons. The fourth-order valence-electron chi connectivity index (χ4n) is 2.54. The number of halogens is 1. The number of benzene rings is 1. The monoisotopic (exact) mass is 325 g/mol. The lowest BCUT2D eigenvalue weighted by Gasteiger charge is -2.27. The van der Waals surface area contributed by atoms with E-state index in [4.69, 9.17) is 21.4 Å². The third-order valence-electron chi connectivity index (χ3n) is 3.85. The van der Waals surface area contributed by atoms with E-state index in [1.54, 1.807) is 38.1 Å². The summed E-state index contributed by atoms with van der Waals surface area (Å²) < 4.78 is 5.72. The Hall–Kier alpha value is -1.75. The third kappa shape index (κ3) is 4.13. The number of carboxylic acids is 1. The van der Waals surface area contributed by atoms with Gasteiger partial charge in [-0.05, 0) is 57.4 Å². The summed E-state index contributed by atoms with van der Waals surface area (Å²) in [7, 11) is 0. The molecular weight excluding hydrogens is 306 g/mol. The molecule has 0 aromatic heterocycles. The number of amides is 1. The van der Waals surface area contributed by atoms with E-state index in [0.29, 0.717) is 30.0 Å². The zero-order valence-electron chi connectivity index (χ0n) is 12.6. The van der Waals surface area contributed by atoms with Crippen molar-refractivity contribution in [3.05, 3.63) is 29.3 Å². The van der Waals surface area contributed by atoms with Crippen LogP contribution in [0.4, 0.5) is 0 Å². The molecule has 1 saturated carbocycles. The predicted octanol–water partition coefficient (Wildman–Crippen LogP) is 2.87. The lowest BCUT2D eigenvalue weighted by atomic mass is 10.1. The van der Waals surface area contributed by atoms with Gasteiger partial charge in [0.2, 0.25) is 0 Å². The molecule has 1 aromatic rings. The summed E-state index contributed by atoms with van der Waals surface area (Å²) in [6, 6.07) is 6.68. The Bertz CT molecular complexity index is 556. The first kappa shape index (κ1) is 16.6. The Labute approximate surface area is 134 Å². The summed E-state index contributed by atoms with van der Waals surface area (Å²) in [5, 5.41) is 12.5. The van der Waals surface area contributed by atoms with E-state index in [9.17, 15) is 9.59 Å². The Morgan fingerprint density at radius 1 is 1.27 bits per heavy atom. The molecule has 1 fully saturated rings. The van der Waals surface area contributed by atoms with Crippen molar-refractivity contribution in [3.63, 3.8) is 0 Å². The molecule has 0 unspecified atom stereocenters. The Morgan fingerprint density at radius 3 is 2.45 bits per heavy atom. The van der Waals surface area contributed by atoms with E-state index in [-0.39, 0.29) is 17.9 Å². The summed E-state index contributed by atoms with van der Waals surface area (Å²) in [6.45, 7) is 3.36. The first-order valence-electron chi connectivity index (χ1n) is 7.26. The Morgan fingerprint density at radius 2 is 1.91 bits per heavy atom. The summed E-state index contributed by atoms with van der Waals surface area (Å²) in [6.07, 6.45) is 1.75. The number of nitrogens with one attached hydrogen (secondary N) is 1. The second-order valence-electron chi connectivity index (χ2n) is 6.08. The second kappa shape index (κ2) is 6.57. The summed E-state index contributed by atoms with van der Waals surface area (Å²) >= 11 is 5.82. The second-order valence-corrected chi connectivity index (χ2v) is 6.52. The Balaban J connectivity index is 1.93. The zero-order chi connectivity index (χ0) is 16.3. The number of hydrogen-bond acceptors (Lipinski definition) is 3. The molecule has 2 N–H and O–H groups in total. The summed E-state index contributed by atoms with van der Waals surface area (Å²) in [4.78, 5) is 23.3. The standard InChI is InChI=1S/C16H20ClNO4/c1-16(2,22-13-7-4-11(17)5-8-13)15(21)18-12-6-3-10(9-12)14(19)20/h4-5,7-8,10,12H,3,6,9H2,1-2H3,(H,18,21)(H,19,20)/t10-,12+/m1/s1. The molecule has 0 radical (unpaired) electrons. The molecule has 1 aromatic carbocycles. The van der Waals surface area contributed by atoms with Crippen LogP contribution in [0.5, 0.6) is 5.75 Å².